The van der Waals surface area contributed by atoms with Gasteiger partial charge in [-0.05, 0) is 54.1 Å². The molecule has 6 nitrogen and oxygen atoms in total. The Morgan fingerprint density at radius 1 is 1.20 bits per heavy atom. The van der Waals surface area contributed by atoms with Crippen molar-refractivity contribution in [2.75, 3.05) is 11.9 Å². The van der Waals surface area contributed by atoms with Crippen LogP contribution in [0.4, 0.5) is 10.6 Å². The fourth-order valence-electron chi connectivity index (χ4n) is 2.68. The van der Waals surface area contributed by atoms with E-state index in [9.17, 15) is 4.79 Å². The molecule has 3 rings (SSSR count). The molecule has 0 bridgehead atoms. The number of fused-ring (bicyclic) bond motifs is 1. The highest BCUT2D eigenvalue weighted by molar-refractivity contribution is 6.00. The van der Waals surface area contributed by atoms with E-state index in [1.165, 1.54) is 0 Å². The number of rotatable bonds is 3. The van der Waals surface area contributed by atoms with Gasteiger partial charge in [0.2, 0.25) is 0 Å². The van der Waals surface area contributed by atoms with Crippen LogP contribution in [0.1, 0.15) is 18.2 Å². The van der Waals surface area contributed by atoms with Crippen molar-refractivity contribution in [3.63, 3.8) is 0 Å². The third-order valence-corrected chi connectivity index (χ3v) is 3.88. The lowest BCUT2D eigenvalue weighted by atomic mass is 9.97. The number of amides is 2. The second-order valence-electron chi connectivity index (χ2n) is 5.57. The van der Waals surface area contributed by atoms with Crippen molar-refractivity contribution in [2.24, 2.45) is 0 Å². The highest BCUT2D eigenvalue weighted by atomic mass is 16.2. The minimum absolute atomic E-state index is 0.292. The first-order valence-corrected chi connectivity index (χ1v) is 7.93. The molecule has 0 aliphatic heterocycles. The van der Waals surface area contributed by atoms with E-state index < -0.39 is 0 Å². The molecule has 2 amide bonds. The zero-order chi connectivity index (χ0) is 17.8. The number of carbonyl (C=O) groups is 1. The summed E-state index contributed by atoms with van der Waals surface area (Å²) in [5.41, 5.74) is 3.30. The number of nitrogens with one attached hydrogen (secondary N) is 2. The van der Waals surface area contributed by atoms with Crippen LogP contribution < -0.4 is 10.6 Å². The number of benzene rings is 1. The van der Waals surface area contributed by atoms with Crippen LogP contribution in [0.15, 0.2) is 42.7 Å². The van der Waals surface area contributed by atoms with Gasteiger partial charge >= 0.3 is 6.03 Å². The van der Waals surface area contributed by atoms with Crippen LogP contribution in [-0.4, -0.2) is 22.5 Å². The van der Waals surface area contributed by atoms with Gasteiger partial charge in [-0.3, -0.25) is 5.32 Å². The maximum absolute atomic E-state index is 11.7. The molecule has 0 unspecified atom stereocenters. The van der Waals surface area contributed by atoms with Gasteiger partial charge in [0, 0.05) is 24.3 Å². The molecule has 0 atom stereocenters. The van der Waals surface area contributed by atoms with Gasteiger partial charge < -0.3 is 5.32 Å². The summed E-state index contributed by atoms with van der Waals surface area (Å²) >= 11 is 0. The van der Waals surface area contributed by atoms with E-state index in [2.05, 4.69) is 26.7 Å². The second kappa shape index (κ2) is 6.97. The number of aromatic nitrogens is 2. The summed E-state index contributed by atoms with van der Waals surface area (Å²) in [7, 11) is 0. The molecule has 1 aromatic carbocycles. The van der Waals surface area contributed by atoms with Crippen LogP contribution in [0.3, 0.4) is 0 Å². The molecule has 124 valence electrons. The average Bonchev–Trinajstić information content (AvgIpc) is 2.62. The van der Waals surface area contributed by atoms with Gasteiger partial charge in [0.05, 0.1) is 0 Å². The highest BCUT2D eigenvalue weighted by Gasteiger charge is 2.10. The Labute approximate surface area is 145 Å². The summed E-state index contributed by atoms with van der Waals surface area (Å²) < 4.78 is 0. The average molecular weight is 331 g/mol. The smallest absolute Gasteiger partial charge is 0.320 e. The summed E-state index contributed by atoms with van der Waals surface area (Å²) in [6.07, 6.45) is 3.37. The minimum atomic E-state index is -0.292. The molecule has 6 heteroatoms. The lowest BCUT2D eigenvalue weighted by Gasteiger charge is -2.11. The third kappa shape index (κ3) is 3.40. The van der Waals surface area contributed by atoms with Gasteiger partial charge in [0.1, 0.15) is 17.6 Å². The van der Waals surface area contributed by atoms with E-state index in [-0.39, 0.29) is 6.03 Å². The fraction of sp³-hybridized carbons (Fsp3) is 0.158. The molecule has 0 aliphatic carbocycles. The molecular weight excluding hydrogens is 314 g/mol. The van der Waals surface area contributed by atoms with Gasteiger partial charge in [-0.25, -0.2) is 14.8 Å². The fourth-order valence-corrected chi connectivity index (χ4v) is 2.68. The number of carbonyl (C=O) groups excluding carboxylic acids is 1. The molecule has 0 saturated heterocycles. The largest absolute Gasteiger partial charge is 0.338 e. The zero-order valence-corrected chi connectivity index (χ0v) is 14.0. The Morgan fingerprint density at radius 2 is 2.04 bits per heavy atom. The van der Waals surface area contributed by atoms with E-state index >= 15 is 0 Å². The van der Waals surface area contributed by atoms with Crippen molar-refractivity contribution in [1.82, 2.24) is 15.3 Å². The number of hydrogen-bond donors (Lipinski definition) is 2. The predicted octanol–water partition coefficient (Wildman–Crippen LogP) is 3.62. The summed E-state index contributed by atoms with van der Waals surface area (Å²) in [5, 5.41) is 16.4. The molecule has 2 heterocycles. The Bertz CT molecular complexity index is 991. The zero-order valence-electron chi connectivity index (χ0n) is 14.0. The predicted molar refractivity (Wildman–Crippen MR) is 97.1 cm³/mol. The number of aryl methyl sites for hydroxylation is 1. The van der Waals surface area contributed by atoms with E-state index in [0.717, 1.165) is 27.5 Å². The first-order chi connectivity index (χ1) is 12.1. The standard InChI is InChI=1S/C19H17N5O/c1-3-21-19(25)24-18-9-16-15(5-4-12(2)17(16)11-23-18)13-6-7-22-14(8-13)10-20/h4-9,11H,3H2,1-2H3,(H2,21,23,24,25). The number of pyridine rings is 2. The maximum Gasteiger partial charge on any atom is 0.320 e. The molecular formula is C19H17N5O. The van der Waals surface area contributed by atoms with E-state index in [0.29, 0.717) is 18.1 Å². The second-order valence-corrected chi connectivity index (χ2v) is 5.57. The first kappa shape index (κ1) is 16.4. The summed E-state index contributed by atoms with van der Waals surface area (Å²) in [5.74, 6) is 0.472. The maximum atomic E-state index is 11.7. The molecule has 2 aromatic heterocycles. The summed E-state index contributed by atoms with van der Waals surface area (Å²) in [4.78, 5) is 20.1. The number of nitriles is 1. The lowest BCUT2D eigenvalue weighted by molar-refractivity contribution is 0.252. The lowest BCUT2D eigenvalue weighted by Crippen LogP contribution is -2.28. The normalized spacial score (nSPS) is 10.3. The van der Waals surface area contributed by atoms with Crippen molar-refractivity contribution in [3.05, 3.63) is 54.0 Å². The highest BCUT2D eigenvalue weighted by Crippen LogP contribution is 2.31. The van der Waals surface area contributed by atoms with E-state index in [1.807, 2.05) is 38.1 Å². The molecule has 0 saturated carbocycles. The van der Waals surface area contributed by atoms with E-state index in [1.54, 1.807) is 18.5 Å². The first-order valence-electron chi connectivity index (χ1n) is 7.93. The molecule has 2 N–H and O–H groups in total. The molecule has 3 aromatic rings. The van der Waals surface area contributed by atoms with Crippen LogP contribution in [0.2, 0.25) is 0 Å². The van der Waals surface area contributed by atoms with Gasteiger partial charge in [0.15, 0.2) is 0 Å². The van der Waals surface area contributed by atoms with Crippen molar-refractivity contribution >= 4 is 22.6 Å². The van der Waals surface area contributed by atoms with Gasteiger partial charge in [-0.1, -0.05) is 12.1 Å². The number of hydrogen-bond acceptors (Lipinski definition) is 4. The van der Waals surface area contributed by atoms with Crippen LogP contribution in [0.5, 0.6) is 0 Å². The Balaban J connectivity index is 2.13. The summed E-state index contributed by atoms with van der Waals surface area (Å²) in [6.45, 7) is 4.40. The molecule has 0 aliphatic rings. The Hall–Kier alpha value is -3.46. The van der Waals surface area contributed by atoms with Crippen molar-refractivity contribution in [2.45, 2.75) is 13.8 Å². The summed E-state index contributed by atoms with van der Waals surface area (Å²) in [6, 6.07) is 11.2. The van der Waals surface area contributed by atoms with Crippen LogP contribution in [-0.2, 0) is 0 Å². The number of nitrogens with zero attached hydrogens (tertiary/aromatic N) is 3. The SMILES string of the molecule is CCNC(=O)Nc1cc2c(-c3ccnc(C#N)c3)ccc(C)c2cn1. The van der Waals surface area contributed by atoms with Crippen molar-refractivity contribution in [1.29, 1.82) is 5.26 Å². The molecule has 0 fully saturated rings. The van der Waals surface area contributed by atoms with Crippen LogP contribution in [0.25, 0.3) is 21.9 Å². The van der Waals surface area contributed by atoms with Crippen LogP contribution >= 0.6 is 0 Å². The minimum Gasteiger partial charge on any atom is -0.338 e. The molecule has 0 radical (unpaired) electrons. The molecule has 0 spiro atoms. The van der Waals surface area contributed by atoms with Crippen LogP contribution in [0, 0.1) is 18.3 Å². The topological polar surface area (TPSA) is 90.7 Å². The van der Waals surface area contributed by atoms with Gasteiger partial charge in [-0.15, -0.1) is 0 Å². The van der Waals surface area contributed by atoms with Crippen molar-refractivity contribution in [3.8, 4) is 17.2 Å². The number of anilines is 1. The van der Waals surface area contributed by atoms with E-state index in [4.69, 9.17) is 5.26 Å². The van der Waals surface area contributed by atoms with Gasteiger partial charge in [-0.2, -0.15) is 5.26 Å². The monoisotopic (exact) mass is 331 g/mol. The Kier molecular flexibility index (Phi) is 4.57. The third-order valence-electron chi connectivity index (χ3n) is 3.88. The Morgan fingerprint density at radius 3 is 2.80 bits per heavy atom. The number of urea groups is 1. The van der Waals surface area contributed by atoms with Gasteiger partial charge in [0.25, 0.3) is 0 Å². The quantitative estimate of drug-likeness (QED) is 0.767. The molecule has 25 heavy (non-hydrogen) atoms. The van der Waals surface area contributed by atoms with Crippen molar-refractivity contribution < 1.29 is 4.79 Å².